The third kappa shape index (κ3) is 2.25. The summed E-state index contributed by atoms with van der Waals surface area (Å²) in [5.74, 6) is 0.954. The molecule has 0 N–H and O–H groups in total. The summed E-state index contributed by atoms with van der Waals surface area (Å²) in [5.41, 5.74) is 3.64. The van der Waals surface area contributed by atoms with E-state index in [0.29, 0.717) is 6.61 Å². The number of para-hydroxylation sites is 1. The average Bonchev–Trinajstić information content (AvgIpc) is 2.30. The van der Waals surface area contributed by atoms with Crippen molar-refractivity contribution in [3.63, 3.8) is 0 Å². The molecule has 0 radical (unpaired) electrons. The predicted octanol–water partition coefficient (Wildman–Crippen LogP) is 4.06. The molecule has 0 aliphatic carbocycles. The number of hydrogen-bond acceptors (Lipinski definition) is 1. The van der Waals surface area contributed by atoms with Crippen LogP contribution < -0.4 is 4.74 Å². The highest BCUT2D eigenvalue weighted by molar-refractivity contribution is 5.70. The molecule has 0 aliphatic rings. The van der Waals surface area contributed by atoms with Crippen LogP contribution in [0.2, 0.25) is 0 Å². The lowest BCUT2D eigenvalue weighted by atomic mass is 10.0. The molecule has 0 saturated heterocycles. The van der Waals surface area contributed by atoms with E-state index in [9.17, 15) is 0 Å². The molecule has 0 bridgehead atoms. The van der Waals surface area contributed by atoms with Crippen molar-refractivity contribution in [3.05, 3.63) is 54.1 Å². The molecule has 0 unspecified atom stereocenters. The Balaban J connectivity index is 2.46. The van der Waals surface area contributed by atoms with E-state index in [4.69, 9.17) is 4.74 Å². The standard InChI is InChI=1S/C15H16O/c1-3-16-15-10-5-4-9-14(15)13-8-6-7-12(2)11-13/h4-11H,3H2,1-2H3. The topological polar surface area (TPSA) is 9.23 Å². The zero-order valence-corrected chi connectivity index (χ0v) is 9.73. The SMILES string of the molecule is CCOc1ccccc1-c1cccc(C)c1. The number of hydrogen-bond donors (Lipinski definition) is 0. The van der Waals surface area contributed by atoms with Crippen molar-refractivity contribution in [3.8, 4) is 16.9 Å². The van der Waals surface area contributed by atoms with Gasteiger partial charge in [0.15, 0.2) is 0 Å². The van der Waals surface area contributed by atoms with E-state index in [2.05, 4.69) is 37.3 Å². The van der Waals surface area contributed by atoms with Gasteiger partial charge in [-0.1, -0.05) is 48.0 Å². The Kier molecular flexibility index (Phi) is 3.25. The molecule has 0 saturated carbocycles. The van der Waals surface area contributed by atoms with E-state index in [1.165, 1.54) is 11.1 Å². The lowest BCUT2D eigenvalue weighted by molar-refractivity contribution is 0.341. The molecule has 0 amide bonds. The van der Waals surface area contributed by atoms with Crippen molar-refractivity contribution in [2.45, 2.75) is 13.8 Å². The Bertz CT molecular complexity index is 474. The fraction of sp³-hybridized carbons (Fsp3) is 0.200. The Morgan fingerprint density at radius 1 is 1.00 bits per heavy atom. The molecular formula is C15H16O. The summed E-state index contributed by atoms with van der Waals surface area (Å²) in [4.78, 5) is 0. The van der Waals surface area contributed by atoms with Gasteiger partial charge in [-0.05, 0) is 25.5 Å². The molecule has 2 aromatic rings. The van der Waals surface area contributed by atoms with E-state index in [1.54, 1.807) is 0 Å². The third-order valence-electron chi connectivity index (χ3n) is 2.52. The quantitative estimate of drug-likeness (QED) is 0.745. The summed E-state index contributed by atoms with van der Waals surface area (Å²) in [7, 11) is 0. The second-order valence-corrected chi connectivity index (χ2v) is 3.80. The van der Waals surface area contributed by atoms with Crippen molar-refractivity contribution in [2.24, 2.45) is 0 Å². The van der Waals surface area contributed by atoms with Gasteiger partial charge in [0, 0.05) is 5.56 Å². The molecule has 0 spiro atoms. The van der Waals surface area contributed by atoms with Gasteiger partial charge in [-0.3, -0.25) is 0 Å². The summed E-state index contributed by atoms with van der Waals surface area (Å²) in [6.45, 7) is 4.81. The van der Waals surface area contributed by atoms with Crippen LogP contribution in [-0.2, 0) is 0 Å². The van der Waals surface area contributed by atoms with E-state index < -0.39 is 0 Å². The largest absolute Gasteiger partial charge is 0.493 e. The van der Waals surface area contributed by atoms with E-state index in [1.807, 2.05) is 25.1 Å². The van der Waals surface area contributed by atoms with Crippen molar-refractivity contribution >= 4 is 0 Å². The lowest BCUT2D eigenvalue weighted by Crippen LogP contribution is -1.93. The van der Waals surface area contributed by atoms with Gasteiger partial charge in [-0.25, -0.2) is 0 Å². The first-order valence-electron chi connectivity index (χ1n) is 5.60. The maximum atomic E-state index is 5.63. The fourth-order valence-electron chi connectivity index (χ4n) is 1.80. The Hall–Kier alpha value is -1.76. The van der Waals surface area contributed by atoms with Crippen LogP contribution in [0.15, 0.2) is 48.5 Å². The molecule has 16 heavy (non-hydrogen) atoms. The first kappa shape index (κ1) is 10.7. The number of aryl methyl sites for hydroxylation is 1. The van der Waals surface area contributed by atoms with Crippen LogP contribution in [0.4, 0.5) is 0 Å². The minimum Gasteiger partial charge on any atom is -0.493 e. The van der Waals surface area contributed by atoms with E-state index in [0.717, 1.165) is 11.3 Å². The third-order valence-corrected chi connectivity index (χ3v) is 2.52. The first-order valence-corrected chi connectivity index (χ1v) is 5.60. The zero-order valence-electron chi connectivity index (χ0n) is 9.73. The highest BCUT2D eigenvalue weighted by Crippen LogP contribution is 2.30. The fourth-order valence-corrected chi connectivity index (χ4v) is 1.80. The molecule has 2 aromatic carbocycles. The molecule has 0 aromatic heterocycles. The van der Waals surface area contributed by atoms with Gasteiger partial charge in [-0.2, -0.15) is 0 Å². The maximum absolute atomic E-state index is 5.63. The van der Waals surface area contributed by atoms with Crippen molar-refractivity contribution in [1.82, 2.24) is 0 Å². The highest BCUT2D eigenvalue weighted by Gasteiger charge is 2.04. The molecule has 1 nitrogen and oxygen atoms in total. The minimum absolute atomic E-state index is 0.697. The lowest BCUT2D eigenvalue weighted by Gasteiger charge is -2.10. The highest BCUT2D eigenvalue weighted by atomic mass is 16.5. The predicted molar refractivity (Wildman–Crippen MR) is 67.8 cm³/mol. The van der Waals surface area contributed by atoms with Crippen LogP contribution in [-0.4, -0.2) is 6.61 Å². The maximum Gasteiger partial charge on any atom is 0.127 e. The first-order chi connectivity index (χ1) is 7.81. The second kappa shape index (κ2) is 4.84. The summed E-state index contributed by atoms with van der Waals surface area (Å²) in [5, 5.41) is 0. The molecule has 0 atom stereocenters. The average molecular weight is 212 g/mol. The van der Waals surface area contributed by atoms with Gasteiger partial charge in [0.05, 0.1) is 6.61 Å². The molecule has 82 valence electrons. The van der Waals surface area contributed by atoms with Crippen molar-refractivity contribution in [1.29, 1.82) is 0 Å². The Morgan fingerprint density at radius 3 is 2.56 bits per heavy atom. The van der Waals surface area contributed by atoms with E-state index in [-0.39, 0.29) is 0 Å². The van der Waals surface area contributed by atoms with Gasteiger partial charge in [0.2, 0.25) is 0 Å². The monoisotopic (exact) mass is 212 g/mol. The van der Waals surface area contributed by atoms with Gasteiger partial charge in [-0.15, -0.1) is 0 Å². The van der Waals surface area contributed by atoms with Crippen LogP contribution in [0.3, 0.4) is 0 Å². The number of ether oxygens (including phenoxy) is 1. The normalized spacial score (nSPS) is 10.1. The van der Waals surface area contributed by atoms with Crippen molar-refractivity contribution < 1.29 is 4.74 Å². The smallest absolute Gasteiger partial charge is 0.127 e. The minimum atomic E-state index is 0.697. The summed E-state index contributed by atoms with van der Waals surface area (Å²) >= 11 is 0. The van der Waals surface area contributed by atoms with Gasteiger partial charge in [0.1, 0.15) is 5.75 Å². The Morgan fingerprint density at radius 2 is 1.81 bits per heavy atom. The number of rotatable bonds is 3. The summed E-state index contributed by atoms with van der Waals surface area (Å²) < 4.78 is 5.63. The van der Waals surface area contributed by atoms with Crippen LogP contribution in [0.1, 0.15) is 12.5 Å². The van der Waals surface area contributed by atoms with Crippen LogP contribution in [0, 0.1) is 6.92 Å². The summed E-state index contributed by atoms with van der Waals surface area (Å²) in [6.07, 6.45) is 0. The van der Waals surface area contributed by atoms with Gasteiger partial charge < -0.3 is 4.74 Å². The van der Waals surface area contributed by atoms with Crippen molar-refractivity contribution in [2.75, 3.05) is 6.61 Å². The zero-order chi connectivity index (χ0) is 11.4. The van der Waals surface area contributed by atoms with Crippen LogP contribution in [0.25, 0.3) is 11.1 Å². The summed E-state index contributed by atoms with van der Waals surface area (Å²) in [6, 6.07) is 16.6. The van der Waals surface area contributed by atoms with Gasteiger partial charge >= 0.3 is 0 Å². The van der Waals surface area contributed by atoms with Crippen LogP contribution >= 0.6 is 0 Å². The molecule has 1 heteroatoms. The van der Waals surface area contributed by atoms with Crippen LogP contribution in [0.5, 0.6) is 5.75 Å². The molecule has 0 aliphatic heterocycles. The number of benzene rings is 2. The van der Waals surface area contributed by atoms with Gasteiger partial charge in [0.25, 0.3) is 0 Å². The van der Waals surface area contributed by atoms with E-state index >= 15 is 0 Å². The second-order valence-electron chi connectivity index (χ2n) is 3.80. The molecular weight excluding hydrogens is 196 g/mol. The Labute approximate surface area is 96.7 Å². The molecule has 0 fully saturated rings. The molecule has 0 heterocycles. The molecule has 2 rings (SSSR count).